The fraction of sp³-hybridized carbons (Fsp3) is 0.444. The van der Waals surface area contributed by atoms with Crippen LogP contribution in [0.1, 0.15) is 53.4 Å². The molecule has 0 aromatic heterocycles. The molecule has 2 aromatic carbocycles. The number of para-hydroxylation sites is 2. The Labute approximate surface area is 189 Å². The van der Waals surface area contributed by atoms with E-state index in [0.29, 0.717) is 0 Å². The zero-order chi connectivity index (χ0) is 22.1. The van der Waals surface area contributed by atoms with Gasteiger partial charge in [0.25, 0.3) is 0 Å². The number of hydrazine groups is 1. The molecule has 0 radical (unpaired) electrons. The first-order valence-electron chi connectivity index (χ1n) is 12.1. The normalized spacial score (nSPS) is 17.5. The molecule has 3 aliphatic heterocycles. The van der Waals surface area contributed by atoms with Gasteiger partial charge in [0.2, 0.25) is 0 Å². The maximum Gasteiger partial charge on any atom is 0.177 e. The molecule has 0 spiro atoms. The molecule has 4 nitrogen and oxygen atoms in total. The van der Waals surface area contributed by atoms with Crippen LogP contribution in [0.5, 0.6) is 0 Å². The third-order valence-electron chi connectivity index (χ3n) is 5.64. The number of hydrogen-bond donors (Lipinski definition) is 0. The van der Waals surface area contributed by atoms with Crippen LogP contribution in [0, 0.1) is 0 Å². The number of anilines is 2. The largest absolute Gasteiger partial charge is 0.350 e. The zero-order valence-electron chi connectivity index (χ0n) is 19.7. The Hall–Kier alpha value is -2.84. The smallest absolute Gasteiger partial charge is 0.177 e. The van der Waals surface area contributed by atoms with Crippen molar-refractivity contribution in [3.63, 3.8) is 0 Å². The lowest BCUT2D eigenvalue weighted by Crippen LogP contribution is -2.45. The quantitative estimate of drug-likeness (QED) is 0.529. The highest BCUT2D eigenvalue weighted by atomic mass is 15.7. The number of benzene rings is 2. The molecule has 2 saturated heterocycles. The SMILES string of the molecule is C1=C(N2CCCC2)N(c2ccccc2)N(c2ccccc2)C=1N1CCCC1.CC.CC. The van der Waals surface area contributed by atoms with Crippen LogP contribution in [0.4, 0.5) is 11.4 Å². The number of likely N-dealkylation sites (tertiary alicyclic amines) is 2. The van der Waals surface area contributed by atoms with Crippen molar-refractivity contribution in [2.75, 3.05) is 36.2 Å². The maximum absolute atomic E-state index is 3.81. The summed E-state index contributed by atoms with van der Waals surface area (Å²) in [6.07, 6.45) is 5.05. The number of hydrogen-bond acceptors (Lipinski definition) is 4. The molecule has 0 amide bonds. The van der Waals surface area contributed by atoms with E-state index in [4.69, 9.17) is 0 Å². The van der Waals surface area contributed by atoms with Crippen molar-refractivity contribution in [1.29, 1.82) is 0 Å². The van der Waals surface area contributed by atoms with Crippen molar-refractivity contribution < 1.29 is 0 Å². The lowest BCUT2D eigenvalue weighted by Gasteiger charge is -2.39. The molecule has 0 saturated carbocycles. The van der Waals surface area contributed by atoms with Gasteiger partial charge in [0.15, 0.2) is 11.6 Å². The molecular formula is C27H38N4. The van der Waals surface area contributed by atoms with Gasteiger partial charge in [-0.25, -0.2) is 10.0 Å². The summed E-state index contributed by atoms with van der Waals surface area (Å²) in [6, 6.07) is 21.4. The summed E-state index contributed by atoms with van der Waals surface area (Å²) in [6.45, 7) is 12.5. The molecule has 5 rings (SSSR count). The first-order chi connectivity index (χ1) is 15.4. The Bertz CT molecular complexity index is 774. The van der Waals surface area contributed by atoms with Crippen molar-refractivity contribution in [2.24, 2.45) is 0 Å². The zero-order valence-corrected chi connectivity index (χ0v) is 19.7. The fourth-order valence-electron chi connectivity index (χ4n) is 4.29. The van der Waals surface area contributed by atoms with Crippen LogP contribution in [0.2, 0.25) is 0 Å². The van der Waals surface area contributed by atoms with Crippen LogP contribution >= 0.6 is 0 Å². The molecule has 3 aliphatic rings. The highest BCUT2D eigenvalue weighted by Crippen LogP contribution is 2.37. The summed E-state index contributed by atoms with van der Waals surface area (Å²) in [5.74, 6) is 2.37. The molecule has 2 aromatic rings. The molecule has 0 atom stereocenters. The summed E-state index contributed by atoms with van der Waals surface area (Å²) in [5.41, 5.74) is 6.18. The summed E-state index contributed by atoms with van der Waals surface area (Å²) in [5, 5.41) is 4.71. The van der Waals surface area contributed by atoms with E-state index in [1.165, 1.54) is 48.7 Å². The van der Waals surface area contributed by atoms with E-state index >= 15 is 0 Å². The minimum atomic E-state index is 1.11. The average Bonchev–Trinajstić information content (AvgIpc) is 3.63. The monoisotopic (exact) mass is 418 g/mol. The Kier molecular flexibility index (Phi) is 8.49. The summed E-state index contributed by atoms with van der Waals surface area (Å²) in [4.78, 5) is 4.98. The highest BCUT2D eigenvalue weighted by molar-refractivity contribution is 5.68. The molecule has 0 aliphatic carbocycles. The standard InChI is InChI=1S/C23H26N4.2C2H6/c1-3-11-20(12-4-1)26-22(24-15-7-8-16-24)19-23(25-17-9-10-18-25)27(26)21-13-5-2-6-14-21;2*1-2/h1-6,11-14H,7-10,15-18H2;2*1-2H3. The Morgan fingerprint density at radius 3 is 1.16 bits per heavy atom. The van der Waals surface area contributed by atoms with E-state index in [-0.39, 0.29) is 0 Å². The van der Waals surface area contributed by atoms with Crippen molar-refractivity contribution in [1.82, 2.24) is 9.80 Å². The molecular weight excluding hydrogens is 380 g/mol. The molecule has 4 heteroatoms. The van der Waals surface area contributed by atoms with Gasteiger partial charge >= 0.3 is 0 Å². The first kappa shape index (κ1) is 22.8. The summed E-state index contributed by atoms with van der Waals surface area (Å²) < 4.78 is 0. The van der Waals surface area contributed by atoms with Crippen LogP contribution < -0.4 is 10.0 Å². The van der Waals surface area contributed by atoms with Crippen LogP contribution in [0.25, 0.3) is 0 Å². The Morgan fingerprint density at radius 2 is 0.839 bits per heavy atom. The van der Waals surface area contributed by atoms with Gasteiger partial charge in [-0.2, -0.15) is 0 Å². The van der Waals surface area contributed by atoms with Crippen LogP contribution in [-0.2, 0) is 0 Å². The molecule has 2 fully saturated rings. The van der Waals surface area contributed by atoms with E-state index in [0.717, 1.165) is 26.2 Å². The van der Waals surface area contributed by atoms with E-state index < -0.39 is 0 Å². The Morgan fingerprint density at radius 1 is 0.516 bits per heavy atom. The van der Waals surface area contributed by atoms with Crippen molar-refractivity contribution in [3.8, 4) is 0 Å². The maximum atomic E-state index is 3.81. The topological polar surface area (TPSA) is 13.0 Å². The van der Waals surface area contributed by atoms with Gasteiger partial charge in [-0.1, -0.05) is 64.1 Å². The second-order valence-electron chi connectivity index (χ2n) is 7.46. The fourth-order valence-corrected chi connectivity index (χ4v) is 4.29. The molecule has 0 unspecified atom stereocenters. The van der Waals surface area contributed by atoms with Gasteiger partial charge in [-0.05, 0) is 55.7 Å². The van der Waals surface area contributed by atoms with Gasteiger partial charge in [0.05, 0.1) is 11.4 Å². The lowest BCUT2D eigenvalue weighted by atomic mass is 10.3. The van der Waals surface area contributed by atoms with Crippen molar-refractivity contribution in [3.05, 3.63) is 78.0 Å². The van der Waals surface area contributed by atoms with E-state index in [9.17, 15) is 0 Å². The molecule has 3 heterocycles. The Balaban J connectivity index is 0.000000645. The van der Waals surface area contributed by atoms with Crippen LogP contribution in [0.3, 0.4) is 0 Å². The van der Waals surface area contributed by atoms with Crippen molar-refractivity contribution >= 4 is 11.4 Å². The minimum absolute atomic E-state index is 1.11. The molecule has 0 bridgehead atoms. The van der Waals surface area contributed by atoms with Gasteiger partial charge < -0.3 is 9.80 Å². The van der Waals surface area contributed by atoms with Crippen LogP contribution in [0.15, 0.2) is 78.0 Å². The molecule has 0 N–H and O–H groups in total. The predicted molar refractivity (Wildman–Crippen MR) is 133 cm³/mol. The average molecular weight is 419 g/mol. The minimum Gasteiger partial charge on any atom is -0.350 e. The van der Waals surface area contributed by atoms with E-state index in [1.54, 1.807) is 0 Å². The second kappa shape index (κ2) is 11.5. The summed E-state index contributed by atoms with van der Waals surface area (Å²) in [7, 11) is 0. The van der Waals surface area contributed by atoms with Gasteiger partial charge in [0.1, 0.15) is 0 Å². The van der Waals surface area contributed by atoms with Crippen molar-refractivity contribution in [2.45, 2.75) is 53.4 Å². The third-order valence-corrected chi connectivity index (χ3v) is 5.64. The first-order valence-corrected chi connectivity index (χ1v) is 12.1. The van der Waals surface area contributed by atoms with E-state index in [2.05, 4.69) is 86.2 Å². The van der Waals surface area contributed by atoms with Gasteiger partial charge in [-0.3, -0.25) is 0 Å². The second-order valence-corrected chi connectivity index (χ2v) is 7.46. The van der Waals surface area contributed by atoms with Crippen LogP contribution in [-0.4, -0.2) is 36.0 Å². The van der Waals surface area contributed by atoms with Gasteiger partial charge in [-0.15, -0.1) is 0 Å². The lowest BCUT2D eigenvalue weighted by molar-refractivity contribution is 0.401. The highest BCUT2D eigenvalue weighted by Gasteiger charge is 2.36. The number of rotatable bonds is 4. The summed E-state index contributed by atoms with van der Waals surface area (Å²) >= 11 is 0. The van der Waals surface area contributed by atoms with Gasteiger partial charge in [0, 0.05) is 26.2 Å². The molecule has 166 valence electrons. The van der Waals surface area contributed by atoms with E-state index in [1.807, 2.05) is 27.7 Å². The molecule has 31 heavy (non-hydrogen) atoms. The number of nitrogens with zero attached hydrogens (tertiary/aromatic N) is 4. The predicted octanol–water partition coefficient (Wildman–Crippen LogP) is 6.45. The third kappa shape index (κ3) is 4.91.